The van der Waals surface area contributed by atoms with Gasteiger partial charge in [0.25, 0.3) is 0 Å². The van der Waals surface area contributed by atoms with E-state index in [2.05, 4.69) is 67.3 Å². The average Bonchev–Trinajstić information content (AvgIpc) is 3.11. The van der Waals surface area contributed by atoms with Gasteiger partial charge in [-0.05, 0) is 10.6 Å². The predicted octanol–water partition coefficient (Wildman–Crippen LogP) is 3.68. The summed E-state index contributed by atoms with van der Waals surface area (Å²) in [5, 5.41) is 2.79. The van der Waals surface area contributed by atoms with E-state index >= 15 is 0 Å². The van der Waals surface area contributed by atoms with E-state index in [-0.39, 0.29) is 19.5 Å². The van der Waals surface area contributed by atoms with Gasteiger partial charge in [0.2, 0.25) is 0 Å². The van der Waals surface area contributed by atoms with Crippen LogP contribution in [0.25, 0.3) is 0 Å². The molecule has 0 unspecified atom stereocenters. The average molecular weight is 380 g/mol. The van der Waals surface area contributed by atoms with Crippen LogP contribution in [0.2, 0.25) is 0 Å². The van der Waals surface area contributed by atoms with E-state index in [0.717, 1.165) is 8.58 Å². The van der Waals surface area contributed by atoms with Crippen molar-refractivity contribution >= 4 is 19.2 Å². The van der Waals surface area contributed by atoms with Gasteiger partial charge < -0.3 is 0 Å². The van der Waals surface area contributed by atoms with Crippen LogP contribution in [0.3, 0.4) is 0 Å². The molecule has 0 aliphatic rings. The SMILES string of the molecule is [C-]#[O+].[Ru+2].c1cc[cH-]c1.c1ccc(Pc2ccccc2)cc1. The first-order valence-corrected chi connectivity index (χ1v) is 7.19. The molecule has 0 aliphatic heterocycles. The maximum Gasteiger partial charge on any atom is 2.00 e. The Hall–Kier alpha value is -1.42. The van der Waals surface area contributed by atoms with Crippen molar-refractivity contribution in [2.75, 3.05) is 0 Å². The minimum absolute atomic E-state index is 0. The largest absolute Gasteiger partial charge is 2.00 e. The first-order chi connectivity index (χ1) is 9.95. The minimum Gasteiger partial charge on any atom is -0.214 e. The van der Waals surface area contributed by atoms with Gasteiger partial charge >= 0.3 is 30.8 Å². The van der Waals surface area contributed by atoms with Crippen LogP contribution < -0.4 is 10.6 Å². The number of benzene rings is 2. The maximum atomic E-state index is 7.50. The van der Waals surface area contributed by atoms with Crippen molar-refractivity contribution in [1.29, 1.82) is 0 Å². The van der Waals surface area contributed by atoms with Crippen LogP contribution in [0.15, 0.2) is 91.0 Å². The third kappa shape index (κ3) is 9.19. The fraction of sp³-hybridized carbons (Fsp3) is 0. The Labute approximate surface area is 141 Å². The second kappa shape index (κ2) is 13.6. The first-order valence-electron chi connectivity index (χ1n) is 6.19. The van der Waals surface area contributed by atoms with Crippen molar-refractivity contribution in [2.45, 2.75) is 0 Å². The number of rotatable bonds is 2. The van der Waals surface area contributed by atoms with Gasteiger partial charge in [-0.3, -0.25) is 0 Å². The summed E-state index contributed by atoms with van der Waals surface area (Å²) in [4.78, 5) is 0. The van der Waals surface area contributed by atoms with Crippen LogP contribution >= 0.6 is 8.58 Å². The Balaban J connectivity index is 0.000000423. The van der Waals surface area contributed by atoms with Crippen molar-refractivity contribution in [3.63, 3.8) is 0 Å². The van der Waals surface area contributed by atoms with Gasteiger partial charge in [-0.2, -0.15) is 18.2 Å². The van der Waals surface area contributed by atoms with Crippen LogP contribution in [0, 0.1) is 6.65 Å². The second-order valence-corrected chi connectivity index (χ2v) is 5.22. The van der Waals surface area contributed by atoms with Gasteiger partial charge in [0.05, 0.1) is 0 Å². The van der Waals surface area contributed by atoms with Crippen molar-refractivity contribution in [1.82, 2.24) is 0 Å². The molecular formula is C18H16OPRu+. The van der Waals surface area contributed by atoms with E-state index in [9.17, 15) is 0 Å². The minimum atomic E-state index is 0. The molecule has 0 radical (unpaired) electrons. The zero-order valence-electron chi connectivity index (χ0n) is 11.4. The Kier molecular flexibility index (Phi) is 12.6. The van der Waals surface area contributed by atoms with Gasteiger partial charge in [0, 0.05) is 0 Å². The molecule has 0 atom stereocenters. The van der Waals surface area contributed by atoms with E-state index < -0.39 is 0 Å². The van der Waals surface area contributed by atoms with Crippen LogP contribution in [0.5, 0.6) is 0 Å². The Morgan fingerprint density at radius 3 is 1.33 bits per heavy atom. The van der Waals surface area contributed by atoms with Gasteiger partial charge in [-0.1, -0.05) is 69.2 Å². The zero-order chi connectivity index (χ0) is 14.5. The van der Waals surface area contributed by atoms with Crippen LogP contribution in [0.4, 0.5) is 0 Å². The Morgan fingerprint density at radius 1 is 0.667 bits per heavy atom. The molecule has 0 amide bonds. The van der Waals surface area contributed by atoms with Crippen molar-refractivity contribution in [3.05, 3.63) is 97.6 Å². The van der Waals surface area contributed by atoms with E-state index in [4.69, 9.17) is 4.65 Å². The quantitative estimate of drug-likeness (QED) is 0.280. The summed E-state index contributed by atoms with van der Waals surface area (Å²) in [6.07, 6.45) is 0. The predicted molar refractivity (Wildman–Crippen MR) is 86.4 cm³/mol. The summed E-state index contributed by atoms with van der Waals surface area (Å²) >= 11 is 0. The Morgan fingerprint density at radius 2 is 1.05 bits per heavy atom. The van der Waals surface area contributed by atoms with Crippen molar-refractivity contribution in [2.24, 2.45) is 0 Å². The van der Waals surface area contributed by atoms with Crippen molar-refractivity contribution < 1.29 is 24.1 Å². The van der Waals surface area contributed by atoms with Gasteiger partial charge in [0.1, 0.15) is 0 Å². The molecular weight excluding hydrogens is 364 g/mol. The molecule has 106 valence electrons. The summed E-state index contributed by atoms with van der Waals surface area (Å²) in [6, 6.07) is 31.2. The molecule has 0 saturated carbocycles. The zero-order valence-corrected chi connectivity index (χ0v) is 14.2. The fourth-order valence-electron chi connectivity index (χ4n) is 1.53. The van der Waals surface area contributed by atoms with Gasteiger partial charge in [-0.15, -0.1) is 0 Å². The summed E-state index contributed by atoms with van der Waals surface area (Å²) in [5.74, 6) is 0. The monoisotopic (exact) mass is 381 g/mol. The molecule has 0 aromatic heterocycles. The van der Waals surface area contributed by atoms with Crippen LogP contribution in [-0.4, -0.2) is 0 Å². The summed E-state index contributed by atoms with van der Waals surface area (Å²) in [6.45, 7) is 4.50. The summed E-state index contributed by atoms with van der Waals surface area (Å²) in [5.41, 5.74) is 0. The molecule has 0 fully saturated rings. The third-order valence-corrected chi connectivity index (χ3v) is 3.64. The molecule has 3 heteroatoms. The first kappa shape index (κ1) is 19.6. The standard InChI is InChI=1S/C12H11P.C5H5.CO.Ru/c1-3-7-11(8-4-1)13-12-9-5-2-6-10-12;1-2-4-5-3-1;1-2;/h1-10,13H;1-5H;;/q;-1;;+2. The van der Waals surface area contributed by atoms with E-state index in [1.807, 2.05) is 30.3 Å². The van der Waals surface area contributed by atoms with Crippen molar-refractivity contribution in [3.8, 4) is 0 Å². The fourth-order valence-corrected chi connectivity index (χ4v) is 2.58. The molecule has 0 spiro atoms. The van der Waals surface area contributed by atoms with Crippen LogP contribution in [0.1, 0.15) is 0 Å². The third-order valence-electron chi connectivity index (χ3n) is 2.39. The molecule has 0 saturated heterocycles. The van der Waals surface area contributed by atoms with Gasteiger partial charge in [-0.25, -0.2) is 12.1 Å². The number of hydrogen-bond donors (Lipinski definition) is 0. The summed E-state index contributed by atoms with van der Waals surface area (Å²) in [7, 11) is 0.777. The van der Waals surface area contributed by atoms with Gasteiger partial charge in [0.15, 0.2) is 0 Å². The molecule has 3 rings (SSSR count). The maximum absolute atomic E-state index is 7.50. The van der Waals surface area contributed by atoms with E-state index in [1.54, 1.807) is 0 Å². The molecule has 0 aliphatic carbocycles. The normalized spacial score (nSPS) is 8.10. The molecule has 0 N–H and O–H groups in total. The molecule has 3 aromatic rings. The Bertz CT molecular complexity index is 507. The molecule has 21 heavy (non-hydrogen) atoms. The topological polar surface area (TPSA) is 19.9 Å². The molecule has 1 nitrogen and oxygen atoms in total. The molecule has 0 bridgehead atoms. The van der Waals surface area contributed by atoms with Crippen LogP contribution in [-0.2, 0) is 24.1 Å². The van der Waals surface area contributed by atoms with E-state index in [0.29, 0.717) is 0 Å². The molecule has 0 heterocycles. The smallest absolute Gasteiger partial charge is 0.214 e. The second-order valence-electron chi connectivity index (χ2n) is 3.82. The number of hydrogen-bond acceptors (Lipinski definition) is 0. The van der Waals surface area contributed by atoms with E-state index in [1.165, 1.54) is 10.6 Å². The molecule has 3 aromatic carbocycles. The summed E-state index contributed by atoms with van der Waals surface area (Å²) < 4.78 is 7.50.